The average Bonchev–Trinajstić information content (AvgIpc) is 3.83. The van der Waals surface area contributed by atoms with E-state index in [1.54, 1.807) is 11.8 Å². The molecule has 1 saturated heterocycles. The second-order valence-electron chi connectivity index (χ2n) is 12.7. The van der Waals surface area contributed by atoms with E-state index in [0.717, 1.165) is 38.3 Å². The fourth-order valence-corrected chi connectivity index (χ4v) is 11.6. The summed E-state index contributed by atoms with van der Waals surface area (Å²) in [4.78, 5) is 59.0. The van der Waals surface area contributed by atoms with Gasteiger partial charge >= 0.3 is 4.87 Å². The molecule has 47 heavy (non-hydrogen) atoms. The Kier molecular flexibility index (Phi) is 6.65. The highest BCUT2D eigenvalue weighted by Gasteiger charge is 2.69. The molecule has 8 nitrogen and oxygen atoms in total. The maximum absolute atomic E-state index is 14.0. The van der Waals surface area contributed by atoms with Gasteiger partial charge < -0.3 is 15.0 Å². The van der Waals surface area contributed by atoms with Crippen LogP contribution < -0.4 is 19.8 Å². The summed E-state index contributed by atoms with van der Waals surface area (Å²) in [5.74, 6) is -0.903. The van der Waals surface area contributed by atoms with Crippen LogP contribution in [0.5, 0.6) is 5.75 Å². The summed E-state index contributed by atoms with van der Waals surface area (Å²) < 4.78 is 6.25. The highest BCUT2D eigenvalue weighted by molar-refractivity contribution is 8.00. The predicted octanol–water partition coefficient (Wildman–Crippen LogP) is 6.29. The van der Waals surface area contributed by atoms with E-state index in [9.17, 15) is 19.2 Å². The summed E-state index contributed by atoms with van der Waals surface area (Å²) in [7, 11) is 0. The molecule has 10 heteroatoms. The van der Waals surface area contributed by atoms with Crippen LogP contribution in [0.4, 0.5) is 11.4 Å². The molecule has 3 amide bonds. The first kappa shape index (κ1) is 28.5. The molecule has 9 rings (SSSR count). The number of imide groups is 1. The molecule has 0 spiro atoms. The third-order valence-corrected chi connectivity index (χ3v) is 13.0. The first-order chi connectivity index (χ1) is 23.0. The molecule has 2 aliphatic carbocycles. The van der Waals surface area contributed by atoms with E-state index in [4.69, 9.17) is 4.74 Å². The number of hydrogen-bond donors (Lipinski definition) is 2. The molecule has 4 aliphatic rings. The zero-order chi connectivity index (χ0) is 31.8. The second kappa shape index (κ2) is 11.0. The fraction of sp³-hybridized carbons (Fsp3) is 0.243. The topological polar surface area (TPSA) is 109 Å². The van der Waals surface area contributed by atoms with E-state index in [1.807, 2.05) is 97.1 Å². The normalized spacial score (nSPS) is 27.1. The van der Waals surface area contributed by atoms with Crippen molar-refractivity contribution in [2.24, 2.45) is 29.6 Å². The Hall–Kier alpha value is -4.67. The Morgan fingerprint density at radius 2 is 1.57 bits per heavy atom. The molecule has 0 radical (unpaired) electrons. The van der Waals surface area contributed by atoms with E-state index in [1.165, 1.54) is 16.2 Å². The van der Waals surface area contributed by atoms with Gasteiger partial charge in [0, 0.05) is 32.7 Å². The summed E-state index contributed by atoms with van der Waals surface area (Å²) in [5.41, 5.74) is 2.22. The number of carbonyl (C=O) groups excluding carboxylic acids is 3. The van der Waals surface area contributed by atoms with E-state index in [-0.39, 0.29) is 64.0 Å². The molecule has 3 fully saturated rings. The van der Waals surface area contributed by atoms with Crippen LogP contribution in [0.2, 0.25) is 0 Å². The number of aromatic nitrogens is 1. The van der Waals surface area contributed by atoms with Gasteiger partial charge in [-0.25, -0.2) is 0 Å². The summed E-state index contributed by atoms with van der Waals surface area (Å²) in [6, 6.07) is 30.6. The molecule has 5 aromatic rings. The van der Waals surface area contributed by atoms with Gasteiger partial charge in [-0.3, -0.25) is 24.1 Å². The maximum Gasteiger partial charge on any atom is 0.305 e. The lowest BCUT2D eigenvalue weighted by atomic mass is 9.68. The maximum atomic E-state index is 14.0. The standard InChI is InChI=1S/C37H29N3O5S2/c41-27(38-25-15-8-10-19-9-4-5-13-21(19)25)18-45-26-16-7-6-14-22(26)28-29-23-17-24(32(29)46-34-33(28)47-37(44)39-34)31-30(23)35(42)40(36(31)43)20-11-2-1-3-12-20/h1-16,23-24,28-32H,17-18H2,(H,38,41)(H,39,44)/t23-,24-,28+,29-,30+,31+,32-/m1/s1. The van der Waals surface area contributed by atoms with Crippen molar-refractivity contribution in [1.82, 2.24) is 4.98 Å². The van der Waals surface area contributed by atoms with E-state index in [0.29, 0.717) is 11.4 Å². The van der Waals surface area contributed by atoms with Gasteiger partial charge in [-0.15, -0.1) is 11.8 Å². The molecular weight excluding hydrogens is 631 g/mol. The molecule has 1 aromatic heterocycles. The van der Waals surface area contributed by atoms with Crippen molar-refractivity contribution in [1.29, 1.82) is 0 Å². The quantitative estimate of drug-likeness (QED) is 0.208. The molecule has 2 N–H and O–H groups in total. The van der Waals surface area contributed by atoms with Crippen molar-refractivity contribution in [3.8, 4) is 5.75 Å². The number of thioether (sulfide) groups is 1. The number of benzene rings is 4. The van der Waals surface area contributed by atoms with Crippen molar-refractivity contribution < 1.29 is 19.1 Å². The smallest absolute Gasteiger partial charge is 0.305 e. The van der Waals surface area contributed by atoms with Gasteiger partial charge in [-0.1, -0.05) is 84.1 Å². The van der Waals surface area contributed by atoms with Gasteiger partial charge in [0.25, 0.3) is 5.91 Å². The Balaban J connectivity index is 1.04. The molecular formula is C37H29N3O5S2. The van der Waals surface area contributed by atoms with Gasteiger partial charge in [0.2, 0.25) is 11.8 Å². The second-order valence-corrected chi connectivity index (χ2v) is 14.9. The largest absolute Gasteiger partial charge is 0.483 e. The summed E-state index contributed by atoms with van der Waals surface area (Å²) in [5, 5.41) is 5.86. The number of carbonyl (C=O) groups is 3. The van der Waals surface area contributed by atoms with E-state index < -0.39 is 5.92 Å². The zero-order valence-corrected chi connectivity index (χ0v) is 26.6. The minimum absolute atomic E-state index is 0.0174. The summed E-state index contributed by atoms with van der Waals surface area (Å²) in [6.07, 6.45) is 0.796. The van der Waals surface area contributed by atoms with Crippen LogP contribution in [0.3, 0.4) is 0 Å². The van der Waals surface area contributed by atoms with E-state index >= 15 is 0 Å². The van der Waals surface area contributed by atoms with Crippen molar-refractivity contribution in [3.63, 3.8) is 0 Å². The first-order valence-electron chi connectivity index (χ1n) is 15.8. The SMILES string of the molecule is O=C(COc1ccccc1[C@@H]1c2sc(=O)[nH]c2S[C@@H]2[C@@H]3C[C@@H]([C@@H]4C(=O)N(c5ccccc5)C(=O)[C@@H]34)[C@H]12)Nc1cccc2ccccc12. The van der Waals surface area contributed by atoms with Crippen LogP contribution in [0.15, 0.2) is 107 Å². The first-order valence-corrected chi connectivity index (χ1v) is 17.5. The predicted molar refractivity (Wildman–Crippen MR) is 182 cm³/mol. The third kappa shape index (κ3) is 4.42. The number of amides is 3. The van der Waals surface area contributed by atoms with Crippen LogP contribution in [-0.4, -0.2) is 34.6 Å². The molecule has 0 unspecified atom stereocenters. The van der Waals surface area contributed by atoms with Crippen molar-refractivity contribution >= 4 is 63.0 Å². The van der Waals surface area contributed by atoms with Gasteiger partial charge in [0.15, 0.2) is 6.61 Å². The van der Waals surface area contributed by atoms with Gasteiger partial charge in [-0.2, -0.15) is 0 Å². The lowest BCUT2D eigenvalue weighted by molar-refractivity contribution is -0.123. The lowest BCUT2D eigenvalue weighted by Crippen LogP contribution is -2.42. The third-order valence-electron chi connectivity index (χ3n) is 10.4. The van der Waals surface area contributed by atoms with Crippen LogP contribution >= 0.6 is 23.1 Å². The number of anilines is 2. The van der Waals surface area contributed by atoms with Crippen molar-refractivity contribution in [2.45, 2.75) is 22.6 Å². The number of ether oxygens (including phenoxy) is 1. The molecule has 2 aliphatic heterocycles. The number of thiazole rings is 1. The minimum Gasteiger partial charge on any atom is -0.483 e. The number of para-hydroxylation sites is 2. The van der Waals surface area contributed by atoms with Gasteiger partial charge in [0.05, 0.1) is 22.5 Å². The van der Waals surface area contributed by atoms with Crippen LogP contribution in [0.1, 0.15) is 22.8 Å². The van der Waals surface area contributed by atoms with Crippen LogP contribution in [0.25, 0.3) is 10.8 Å². The zero-order valence-electron chi connectivity index (χ0n) is 25.0. The van der Waals surface area contributed by atoms with Gasteiger partial charge in [0.1, 0.15) is 5.75 Å². The number of aromatic amines is 1. The van der Waals surface area contributed by atoms with E-state index in [2.05, 4.69) is 10.3 Å². The number of hydrogen-bond acceptors (Lipinski definition) is 7. The van der Waals surface area contributed by atoms with Crippen LogP contribution in [0, 0.1) is 29.6 Å². The minimum atomic E-state index is -0.395. The molecule has 234 valence electrons. The Morgan fingerprint density at radius 1 is 0.851 bits per heavy atom. The van der Waals surface area contributed by atoms with Gasteiger partial charge in [-0.05, 0) is 53.8 Å². The fourth-order valence-electron chi connectivity index (χ4n) is 8.73. The molecule has 2 bridgehead atoms. The van der Waals surface area contributed by atoms with Crippen LogP contribution in [-0.2, 0) is 14.4 Å². The van der Waals surface area contributed by atoms with Crippen molar-refractivity contribution in [3.05, 3.63) is 117 Å². The summed E-state index contributed by atoms with van der Waals surface area (Å²) in [6.45, 7) is -0.193. The van der Waals surface area contributed by atoms with Crippen molar-refractivity contribution in [2.75, 3.05) is 16.8 Å². The summed E-state index contributed by atoms with van der Waals surface area (Å²) >= 11 is 2.85. The Morgan fingerprint density at radius 3 is 2.43 bits per heavy atom. The highest BCUT2D eigenvalue weighted by atomic mass is 32.2. The molecule has 7 atom stereocenters. The Labute approximate surface area is 278 Å². The lowest BCUT2D eigenvalue weighted by Gasteiger charge is -2.43. The Bertz CT molecular complexity index is 2140. The molecule has 3 heterocycles. The molecule has 4 aromatic carbocycles. The monoisotopic (exact) mass is 659 g/mol. The number of nitrogens with zero attached hydrogens (tertiary/aromatic N) is 1. The number of H-pyrrole nitrogens is 1. The highest BCUT2D eigenvalue weighted by Crippen LogP contribution is 2.69. The number of rotatable bonds is 6. The average molecular weight is 660 g/mol. The molecule has 2 saturated carbocycles. The number of nitrogens with one attached hydrogen (secondary N) is 2. The number of fused-ring (bicyclic) bond motifs is 10.